The molecule has 0 saturated heterocycles. The Kier molecular flexibility index (Phi) is 13.5. The Morgan fingerprint density at radius 1 is 0.280 bits per heavy atom. The van der Waals surface area contributed by atoms with Gasteiger partial charge in [0.15, 0.2) is 0 Å². The van der Waals surface area contributed by atoms with E-state index < -0.39 is 0 Å². The van der Waals surface area contributed by atoms with E-state index in [0.29, 0.717) is 0 Å². The van der Waals surface area contributed by atoms with Gasteiger partial charge in [-0.25, -0.2) is 0 Å². The molecule has 2 aliphatic rings. The van der Waals surface area contributed by atoms with Crippen molar-refractivity contribution in [1.29, 1.82) is 0 Å². The van der Waals surface area contributed by atoms with E-state index in [-0.39, 0.29) is 0 Å². The lowest BCUT2D eigenvalue weighted by molar-refractivity contribution is 0.496. The van der Waals surface area contributed by atoms with Crippen molar-refractivity contribution < 1.29 is 0 Å². The minimum absolute atomic E-state index is 1.04. The fourth-order valence-electron chi connectivity index (χ4n) is 4.88. The third-order valence-electron chi connectivity index (χ3n) is 6.57. The highest BCUT2D eigenvalue weighted by molar-refractivity contribution is 7.39. The van der Waals surface area contributed by atoms with E-state index in [9.17, 15) is 0 Å². The molecule has 25 heavy (non-hydrogen) atoms. The van der Waals surface area contributed by atoms with Crippen LogP contribution in [0.15, 0.2) is 0 Å². The highest BCUT2D eigenvalue weighted by Crippen LogP contribution is 2.38. The molecule has 0 heterocycles. The molecular weight excluding hydrogens is 319 g/mol. The van der Waals surface area contributed by atoms with Gasteiger partial charge in [-0.05, 0) is 37.0 Å². The van der Waals surface area contributed by atoms with Crippen LogP contribution in [0.1, 0.15) is 141 Å². The van der Waals surface area contributed by atoms with Gasteiger partial charge in [-0.1, -0.05) is 124 Å². The van der Waals surface area contributed by atoms with E-state index in [0.717, 1.165) is 11.3 Å². The molecule has 0 aromatic carbocycles. The third kappa shape index (κ3) is 11.7. The molecule has 2 saturated carbocycles. The lowest BCUT2D eigenvalue weighted by atomic mass is 10.0. The van der Waals surface area contributed by atoms with E-state index in [1.807, 2.05) is 8.58 Å². The fourth-order valence-corrected chi connectivity index (χ4v) is 6.80. The van der Waals surface area contributed by atoms with Gasteiger partial charge in [0.05, 0.1) is 0 Å². The molecule has 0 nitrogen and oxygen atoms in total. The molecule has 1 radical (unpaired) electrons. The number of hydrogen-bond acceptors (Lipinski definition) is 0. The van der Waals surface area contributed by atoms with Crippen LogP contribution in [0.2, 0.25) is 0 Å². The number of rotatable bonds is 2. The van der Waals surface area contributed by atoms with E-state index in [1.54, 1.807) is 0 Å². The van der Waals surface area contributed by atoms with Crippen LogP contribution in [0.5, 0.6) is 0 Å². The Morgan fingerprint density at radius 2 is 0.480 bits per heavy atom. The Morgan fingerprint density at radius 3 is 0.720 bits per heavy atom. The first kappa shape index (κ1) is 21.7. The third-order valence-corrected chi connectivity index (χ3v) is 8.45. The second-order valence-corrected chi connectivity index (χ2v) is 10.7. The maximum atomic E-state index is 1.87. The van der Waals surface area contributed by atoms with E-state index in [4.69, 9.17) is 0 Å². The van der Waals surface area contributed by atoms with Gasteiger partial charge < -0.3 is 0 Å². The van der Waals surface area contributed by atoms with Crippen molar-refractivity contribution in [2.75, 3.05) is 0 Å². The van der Waals surface area contributed by atoms with Gasteiger partial charge >= 0.3 is 0 Å². The quantitative estimate of drug-likeness (QED) is 0.428. The van der Waals surface area contributed by atoms with Gasteiger partial charge in [-0.3, -0.25) is 0 Å². The highest BCUT2D eigenvalue weighted by atomic mass is 31.1. The second kappa shape index (κ2) is 15.5. The van der Waals surface area contributed by atoms with Crippen molar-refractivity contribution in [3.05, 3.63) is 0 Å². The molecule has 0 atom stereocenters. The summed E-state index contributed by atoms with van der Waals surface area (Å²) in [5.41, 5.74) is 2.08. The molecule has 2 rings (SSSR count). The van der Waals surface area contributed by atoms with E-state index in [1.165, 1.54) is 141 Å². The summed E-state index contributed by atoms with van der Waals surface area (Å²) in [7, 11) is 1.87. The summed E-state index contributed by atoms with van der Waals surface area (Å²) in [6.07, 6.45) is 33.3. The Hall–Kier alpha value is 0.430. The Bertz CT molecular complexity index is 236. The molecule has 0 N–H and O–H groups in total. The topological polar surface area (TPSA) is 0 Å². The summed E-state index contributed by atoms with van der Waals surface area (Å²) >= 11 is 0. The van der Waals surface area contributed by atoms with Crippen LogP contribution >= 0.6 is 8.58 Å². The van der Waals surface area contributed by atoms with Crippen molar-refractivity contribution in [3.8, 4) is 0 Å². The SMILES string of the molecule is C1CCCCCC([P]C2CCCCCCCCCCC2)CCCCC1. The first-order chi connectivity index (χ1) is 12.4. The Balaban J connectivity index is 1.75. The van der Waals surface area contributed by atoms with Crippen LogP contribution in [-0.4, -0.2) is 11.3 Å². The van der Waals surface area contributed by atoms with Crippen LogP contribution < -0.4 is 0 Å². The minimum Gasteiger partial charge on any atom is -0.0741 e. The Labute approximate surface area is 161 Å². The molecule has 0 bridgehead atoms. The van der Waals surface area contributed by atoms with Crippen LogP contribution in [0.25, 0.3) is 0 Å². The van der Waals surface area contributed by atoms with Crippen LogP contribution in [0.3, 0.4) is 0 Å². The zero-order valence-corrected chi connectivity index (χ0v) is 18.1. The lowest BCUT2D eigenvalue weighted by Gasteiger charge is -2.24. The molecule has 147 valence electrons. The molecular formula is C24H46P. The predicted octanol–water partition coefficient (Wildman–Crippen LogP) is 9.28. The van der Waals surface area contributed by atoms with Gasteiger partial charge in [-0.2, -0.15) is 0 Å². The zero-order chi connectivity index (χ0) is 17.4. The molecule has 0 spiro atoms. The molecule has 0 aliphatic heterocycles. The van der Waals surface area contributed by atoms with Gasteiger partial charge in [0.25, 0.3) is 0 Å². The maximum absolute atomic E-state index is 1.87. The van der Waals surface area contributed by atoms with Crippen molar-refractivity contribution in [1.82, 2.24) is 0 Å². The second-order valence-electron chi connectivity index (χ2n) is 8.98. The van der Waals surface area contributed by atoms with Crippen LogP contribution in [-0.2, 0) is 0 Å². The summed E-state index contributed by atoms with van der Waals surface area (Å²) in [4.78, 5) is 0. The van der Waals surface area contributed by atoms with Crippen LogP contribution in [0, 0.1) is 0 Å². The summed E-state index contributed by atoms with van der Waals surface area (Å²) in [6, 6.07) is 0. The van der Waals surface area contributed by atoms with Gasteiger partial charge in [0, 0.05) is 0 Å². The molecule has 0 amide bonds. The minimum atomic E-state index is 1.04. The van der Waals surface area contributed by atoms with Gasteiger partial charge in [0.1, 0.15) is 0 Å². The largest absolute Gasteiger partial charge is 0.0741 e. The first-order valence-electron chi connectivity index (χ1n) is 12.1. The van der Waals surface area contributed by atoms with E-state index in [2.05, 4.69) is 0 Å². The van der Waals surface area contributed by atoms with Crippen molar-refractivity contribution in [3.63, 3.8) is 0 Å². The molecule has 0 unspecified atom stereocenters. The van der Waals surface area contributed by atoms with Crippen LogP contribution in [0.4, 0.5) is 0 Å². The monoisotopic (exact) mass is 365 g/mol. The van der Waals surface area contributed by atoms with Crippen molar-refractivity contribution in [2.45, 2.75) is 153 Å². The standard InChI is InChI=1S/C24H46P/c1-3-7-11-15-19-23(20-16-12-8-4-1)25-24-21-17-13-9-5-2-6-10-14-18-22-24/h23-24H,1-22H2. The fraction of sp³-hybridized carbons (Fsp3) is 1.00. The molecule has 2 aliphatic carbocycles. The first-order valence-corrected chi connectivity index (χ1v) is 13.2. The van der Waals surface area contributed by atoms with Gasteiger partial charge in [-0.15, -0.1) is 0 Å². The van der Waals surface area contributed by atoms with Crippen molar-refractivity contribution >= 4 is 8.58 Å². The average molecular weight is 366 g/mol. The summed E-state index contributed by atoms with van der Waals surface area (Å²) in [5, 5.41) is 0. The molecule has 1 heteroatoms. The van der Waals surface area contributed by atoms with Gasteiger partial charge in [0.2, 0.25) is 0 Å². The normalized spacial score (nSPS) is 25.9. The lowest BCUT2D eigenvalue weighted by Crippen LogP contribution is -2.10. The molecule has 0 aromatic heterocycles. The number of hydrogen-bond donors (Lipinski definition) is 0. The molecule has 2 fully saturated rings. The summed E-state index contributed by atoms with van der Waals surface area (Å²) in [6.45, 7) is 0. The summed E-state index contributed by atoms with van der Waals surface area (Å²) < 4.78 is 0. The average Bonchev–Trinajstić information content (AvgIpc) is 2.59. The zero-order valence-electron chi connectivity index (χ0n) is 17.2. The smallest absolute Gasteiger partial charge is 0.0168 e. The maximum Gasteiger partial charge on any atom is -0.0168 e. The highest BCUT2D eigenvalue weighted by Gasteiger charge is 2.17. The van der Waals surface area contributed by atoms with E-state index >= 15 is 0 Å². The van der Waals surface area contributed by atoms with Crippen molar-refractivity contribution in [2.24, 2.45) is 0 Å². The molecule has 0 aromatic rings. The summed E-state index contributed by atoms with van der Waals surface area (Å²) in [5.74, 6) is 0. The predicted molar refractivity (Wildman–Crippen MR) is 116 cm³/mol.